The maximum absolute atomic E-state index is 13.0. The summed E-state index contributed by atoms with van der Waals surface area (Å²) < 4.78 is 0. The van der Waals surface area contributed by atoms with Crippen molar-refractivity contribution in [3.05, 3.63) is 72.2 Å². The van der Waals surface area contributed by atoms with Crippen LogP contribution in [0.4, 0.5) is 5.95 Å². The minimum absolute atomic E-state index is 0.182. The summed E-state index contributed by atoms with van der Waals surface area (Å²) >= 11 is 0. The molecule has 0 aliphatic rings. The molecule has 5 N–H and O–H groups in total. The molecule has 0 saturated carbocycles. The van der Waals surface area contributed by atoms with Crippen LogP contribution in [0.25, 0.3) is 33.1 Å². The predicted octanol–water partition coefficient (Wildman–Crippen LogP) is 3.01. The summed E-state index contributed by atoms with van der Waals surface area (Å²) in [6, 6.07) is 13.6. The molecule has 1 amide bonds. The molecule has 5 aromatic rings. The van der Waals surface area contributed by atoms with Gasteiger partial charge >= 0.3 is 0 Å². The van der Waals surface area contributed by atoms with Crippen LogP contribution in [0.5, 0.6) is 0 Å². The van der Waals surface area contributed by atoms with Gasteiger partial charge in [0.2, 0.25) is 5.95 Å². The van der Waals surface area contributed by atoms with Gasteiger partial charge in [0.15, 0.2) is 0 Å². The lowest BCUT2D eigenvalue weighted by Gasteiger charge is -2.09. The van der Waals surface area contributed by atoms with Gasteiger partial charge in [0.05, 0.1) is 29.0 Å². The monoisotopic (exact) mass is 383 g/mol. The fourth-order valence-corrected chi connectivity index (χ4v) is 3.41. The molecule has 142 valence electrons. The quantitative estimate of drug-likeness (QED) is 0.380. The standard InChI is InChI=1S/C21H17N7O/c22-21-25-11-17-19(27-21)16(10-23-17)13-6-14-9-26-28-18(14)15(7-13)20(29)24-8-12-4-2-1-3-5-12/h1-7,9-11,23H,8H2,(H,24,29)(H,26,28)(H2,22,25,27). The largest absolute Gasteiger partial charge is 0.368 e. The first-order valence-corrected chi connectivity index (χ1v) is 9.08. The molecule has 5 rings (SSSR count). The van der Waals surface area contributed by atoms with E-state index in [1.54, 1.807) is 12.4 Å². The highest BCUT2D eigenvalue weighted by atomic mass is 16.1. The van der Waals surface area contributed by atoms with Crippen LogP contribution in [-0.2, 0) is 6.54 Å². The number of aromatic amines is 2. The van der Waals surface area contributed by atoms with Gasteiger partial charge in [-0.3, -0.25) is 9.89 Å². The van der Waals surface area contributed by atoms with E-state index in [2.05, 4.69) is 30.5 Å². The van der Waals surface area contributed by atoms with Crippen molar-refractivity contribution in [2.45, 2.75) is 6.54 Å². The molecule has 29 heavy (non-hydrogen) atoms. The average Bonchev–Trinajstić information content (AvgIpc) is 3.38. The molecule has 8 nitrogen and oxygen atoms in total. The van der Waals surface area contributed by atoms with E-state index in [1.165, 1.54) is 0 Å². The Labute approximate surface area is 165 Å². The number of nitrogens with zero attached hydrogens (tertiary/aromatic N) is 3. The maximum atomic E-state index is 13.0. The molecule has 0 spiro atoms. The van der Waals surface area contributed by atoms with Gasteiger partial charge in [0, 0.05) is 23.7 Å². The highest BCUT2D eigenvalue weighted by Crippen LogP contribution is 2.31. The lowest BCUT2D eigenvalue weighted by Crippen LogP contribution is -2.23. The van der Waals surface area contributed by atoms with Gasteiger partial charge in [-0.1, -0.05) is 30.3 Å². The van der Waals surface area contributed by atoms with Crippen molar-refractivity contribution < 1.29 is 4.79 Å². The number of aromatic nitrogens is 5. The molecule has 2 aromatic carbocycles. The molecule has 0 unspecified atom stereocenters. The minimum Gasteiger partial charge on any atom is -0.368 e. The van der Waals surface area contributed by atoms with Gasteiger partial charge in [-0.15, -0.1) is 0 Å². The zero-order chi connectivity index (χ0) is 19.8. The van der Waals surface area contributed by atoms with Crippen LogP contribution in [0.15, 0.2) is 61.1 Å². The van der Waals surface area contributed by atoms with Crippen molar-refractivity contribution in [3.63, 3.8) is 0 Å². The van der Waals surface area contributed by atoms with E-state index in [0.29, 0.717) is 23.1 Å². The van der Waals surface area contributed by atoms with Crippen LogP contribution < -0.4 is 11.1 Å². The Morgan fingerprint density at radius 1 is 1.14 bits per heavy atom. The third-order valence-electron chi connectivity index (χ3n) is 4.83. The van der Waals surface area contributed by atoms with E-state index in [0.717, 1.165) is 27.6 Å². The fourth-order valence-electron chi connectivity index (χ4n) is 3.41. The van der Waals surface area contributed by atoms with Crippen LogP contribution in [-0.4, -0.2) is 31.1 Å². The van der Waals surface area contributed by atoms with Crippen molar-refractivity contribution in [2.75, 3.05) is 5.73 Å². The third-order valence-corrected chi connectivity index (χ3v) is 4.83. The molecular weight excluding hydrogens is 366 g/mol. The first-order valence-electron chi connectivity index (χ1n) is 9.08. The summed E-state index contributed by atoms with van der Waals surface area (Å²) in [5.41, 5.74) is 11.2. The van der Waals surface area contributed by atoms with E-state index >= 15 is 0 Å². The van der Waals surface area contributed by atoms with Crippen molar-refractivity contribution in [1.29, 1.82) is 0 Å². The second kappa shape index (κ2) is 6.75. The van der Waals surface area contributed by atoms with Gasteiger partial charge in [-0.05, 0) is 23.3 Å². The Balaban J connectivity index is 1.56. The number of nitrogens with two attached hydrogens (primary N) is 1. The first kappa shape index (κ1) is 16.9. The number of rotatable bonds is 4. The van der Waals surface area contributed by atoms with Crippen molar-refractivity contribution in [2.24, 2.45) is 0 Å². The molecule has 0 radical (unpaired) electrons. The van der Waals surface area contributed by atoms with Crippen molar-refractivity contribution in [1.82, 2.24) is 30.5 Å². The highest BCUT2D eigenvalue weighted by molar-refractivity contribution is 6.08. The Morgan fingerprint density at radius 2 is 2.00 bits per heavy atom. The Morgan fingerprint density at radius 3 is 2.86 bits per heavy atom. The Kier molecular flexibility index (Phi) is 3.94. The molecule has 8 heteroatoms. The van der Waals surface area contributed by atoms with Crippen LogP contribution in [0.1, 0.15) is 15.9 Å². The summed E-state index contributed by atoms with van der Waals surface area (Å²) in [6.07, 6.45) is 5.18. The Hall–Kier alpha value is -4.20. The number of H-pyrrole nitrogens is 2. The zero-order valence-electron chi connectivity index (χ0n) is 15.3. The molecule has 3 aromatic heterocycles. The van der Waals surface area contributed by atoms with Crippen molar-refractivity contribution >= 4 is 33.8 Å². The Bertz CT molecular complexity index is 1340. The lowest BCUT2D eigenvalue weighted by atomic mass is 10.0. The van der Waals surface area contributed by atoms with Gasteiger partial charge in [-0.2, -0.15) is 5.10 Å². The van der Waals surface area contributed by atoms with E-state index < -0.39 is 0 Å². The molecule has 0 bridgehead atoms. The number of carbonyl (C=O) groups is 1. The summed E-state index contributed by atoms with van der Waals surface area (Å²) in [4.78, 5) is 24.5. The van der Waals surface area contributed by atoms with Crippen LogP contribution >= 0.6 is 0 Å². The number of fused-ring (bicyclic) bond motifs is 2. The van der Waals surface area contributed by atoms with Gasteiger partial charge in [-0.25, -0.2) is 9.97 Å². The lowest BCUT2D eigenvalue weighted by molar-refractivity contribution is 0.0952. The van der Waals surface area contributed by atoms with Crippen LogP contribution in [0, 0.1) is 0 Å². The molecule has 0 aliphatic carbocycles. The zero-order valence-corrected chi connectivity index (χ0v) is 15.3. The van der Waals surface area contributed by atoms with Crippen LogP contribution in [0.3, 0.4) is 0 Å². The van der Waals surface area contributed by atoms with Gasteiger partial charge in [0.1, 0.15) is 5.52 Å². The second-order valence-corrected chi connectivity index (χ2v) is 6.72. The fraction of sp³-hybridized carbons (Fsp3) is 0.0476. The van der Waals surface area contributed by atoms with Gasteiger partial charge < -0.3 is 16.0 Å². The number of anilines is 1. The molecular formula is C21H17N7O. The van der Waals surface area contributed by atoms with E-state index in [4.69, 9.17) is 5.73 Å². The van der Waals surface area contributed by atoms with Crippen LogP contribution in [0.2, 0.25) is 0 Å². The number of amides is 1. The SMILES string of the molecule is Nc1ncc2[nH]cc(-c3cc(C(=O)NCc4ccccc4)c4[nH]ncc4c3)c2n1. The number of hydrogen-bond acceptors (Lipinski definition) is 5. The predicted molar refractivity (Wildman–Crippen MR) is 111 cm³/mol. The highest BCUT2D eigenvalue weighted by Gasteiger charge is 2.16. The molecule has 0 saturated heterocycles. The minimum atomic E-state index is -0.182. The molecule has 0 fully saturated rings. The number of nitrogens with one attached hydrogen (secondary N) is 3. The van der Waals surface area contributed by atoms with Gasteiger partial charge in [0.25, 0.3) is 5.91 Å². The summed E-state index contributed by atoms with van der Waals surface area (Å²) in [5, 5.41) is 10.8. The second-order valence-electron chi connectivity index (χ2n) is 6.72. The summed E-state index contributed by atoms with van der Waals surface area (Å²) in [6.45, 7) is 0.441. The number of carbonyl (C=O) groups excluding carboxylic acids is 1. The molecule has 0 aliphatic heterocycles. The normalized spacial score (nSPS) is 11.2. The van der Waals surface area contributed by atoms with E-state index in [1.807, 2.05) is 48.7 Å². The number of hydrogen-bond donors (Lipinski definition) is 4. The maximum Gasteiger partial charge on any atom is 0.253 e. The summed E-state index contributed by atoms with van der Waals surface area (Å²) in [7, 11) is 0. The van der Waals surface area contributed by atoms with E-state index in [-0.39, 0.29) is 11.9 Å². The topological polar surface area (TPSA) is 125 Å². The van der Waals surface area contributed by atoms with E-state index in [9.17, 15) is 4.79 Å². The molecule has 3 heterocycles. The third kappa shape index (κ3) is 3.06. The van der Waals surface area contributed by atoms with Crippen molar-refractivity contribution in [3.8, 4) is 11.1 Å². The average molecular weight is 383 g/mol. The number of benzene rings is 2. The summed E-state index contributed by atoms with van der Waals surface area (Å²) in [5.74, 6) is 0.0162. The smallest absolute Gasteiger partial charge is 0.253 e. The number of nitrogen functional groups attached to an aromatic ring is 1. The molecule has 0 atom stereocenters. The first-order chi connectivity index (χ1) is 14.2.